The molecule has 2 aromatic rings. The zero-order valence-electron chi connectivity index (χ0n) is 11.9. The molecule has 2 fully saturated rings. The molecule has 2 aliphatic carbocycles. The average molecular weight is 297 g/mol. The van der Waals surface area contributed by atoms with E-state index < -0.39 is 0 Å². The van der Waals surface area contributed by atoms with Crippen LogP contribution in [0.4, 0.5) is 5.69 Å². The van der Waals surface area contributed by atoms with E-state index in [4.69, 9.17) is 18.0 Å². The lowest BCUT2D eigenvalue weighted by Gasteiger charge is -2.22. The van der Waals surface area contributed by atoms with Crippen LogP contribution in [0, 0.1) is 11.8 Å². The van der Waals surface area contributed by atoms with Gasteiger partial charge >= 0.3 is 0 Å². The van der Waals surface area contributed by atoms with Gasteiger partial charge in [-0.3, -0.25) is 4.98 Å². The molecule has 0 spiro atoms. The number of nitrogens with one attached hydrogen (secondary N) is 1. The number of pyridine rings is 1. The number of thiocarbonyl (C=S) groups is 1. The van der Waals surface area contributed by atoms with Gasteiger partial charge in [0.15, 0.2) is 0 Å². The number of nitrogens with zero attached hydrogens (tertiary/aromatic N) is 1. The van der Waals surface area contributed by atoms with Gasteiger partial charge in [0.25, 0.3) is 0 Å². The van der Waals surface area contributed by atoms with E-state index in [0.717, 1.165) is 34.0 Å². The first kappa shape index (κ1) is 13.0. The second kappa shape index (κ2) is 4.95. The summed E-state index contributed by atoms with van der Waals surface area (Å²) in [5.74, 6) is 1.65. The van der Waals surface area contributed by atoms with Crippen LogP contribution in [0.2, 0.25) is 0 Å². The van der Waals surface area contributed by atoms with Crippen molar-refractivity contribution >= 4 is 33.8 Å². The number of anilines is 1. The van der Waals surface area contributed by atoms with Crippen LogP contribution in [0.1, 0.15) is 31.2 Å². The minimum atomic E-state index is 0.418. The minimum Gasteiger partial charge on any atom is -0.389 e. The molecule has 0 amide bonds. The fourth-order valence-electron chi connectivity index (χ4n) is 3.18. The summed E-state index contributed by atoms with van der Waals surface area (Å²) in [4.78, 5) is 4.90. The van der Waals surface area contributed by atoms with E-state index >= 15 is 0 Å². The largest absolute Gasteiger partial charge is 0.389 e. The number of fused-ring (bicyclic) bond motifs is 1. The first-order chi connectivity index (χ1) is 10.2. The van der Waals surface area contributed by atoms with Gasteiger partial charge in [0.1, 0.15) is 4.99 Å². The maximum Gasteiger partial charge on any atom is 0.107 e. The highest BCUT2D eigenvalue weighted by Gasteiger charge is 2.41. The average Bonchev–Trinajstić information content (AvgIpc) is 3.38. The van der Waals surface area contributed by atoms with Crippen LogP contribution in [0.3, 0.4) is 0 Å². The van der Waals surface area contributed by atoms with Crippen molar-refractivity contribution in [3.8, 4) is 0 Å². The molecular weight excluding hydrogens is 278 g/mol. The third-order valence-corrected chi connectivity index (χ3v) is 4.83. The molecule has 4 heteroatoms. The Morgan fingerprint density at radius 2 is 1.86 bits per heavy atom. The Balaban J connectivity index is 1.80. The number of hydrogen-bond acceptors (Lipinski definition) is 3. The second-order valence-corrected chi connectivity index (χ2v) is 6.71. The SMILES string of the molecule is NC(=S)c1cnc2ccccc2c1NC(C1CC1)C1CC1. The van der Waals surface area contributed by atoms with Crippen LogP contribution in [-0.4, -0.2) is 16.0 Å². The zero-order chi connectivity index (χ0) is 14.4. The van der Waals surface area contributed by atoms with Crippen molar-refractivity contribution in [3.05, 3.63) is 36.0 Å². The number of para-hydroxylation sites is 1. The van der Waals surface area contributed by atoms with Crippen LogP contribution < -0.4 is 11.1 Å². The van der Waals surface area contributed by atoms with Gasteiger partial charge in [-0.25, -0.2) is 0 Å². The van der Waals surface area contributed by atoms with Crippen LogP contribution in [0.15, 0.2) is 30.5 Å². The molecule has 4 rings (SSSR count). The number of rotatable bonds is 5. The molecule has 0 radical (unpaired) electrons. The zero-order valence-corrected chi connectivity index (χ0v) is 12.7. The molecule has 3 N–H and O–H groups in total. The molecular formula is C17H19N3S. The van der Waals surface area contributed by atoms with Gasteiger partial charge < -0.3 is 11.1 Å². The van der Waals surface area contributed by atoms with Gasteiger partial charge in [-0.05, 0) is 43.6 Å². The van der Waals surface area contributed by atoms with E-state index in [-0.39, 0.29) is 0 Å². The molecule has 2 aliphatic rings. The lowest BCUT2D eigenvalue weighted by Crippen LogP contribution is -2.26. The van der Waals surface area contributed by atoms with Crippen molar-refractivity contribution < 1.29 is 0 Å². The van der Waals surface area contributed by atoms with Gasteiger partial charge in [0.2, 0.25) is 0 Å². The molecule has 1 heterocycles. The van der Waals surface area contributed by atoms with E-state index in [9.17, 15) is 0 Å². The maximum atomic E-state index is 5.92. The monoisotopic (exact) mass is 297 g/mol. The third kappa shape index (κ3) is 2.48. The highest BCUT2D eigenvalue weighted by atomic mass is 32.1. The van der Waals surface area contributed by atoms with Gasteiger partial charge in [-0.1, -0.05) is 30.4 Å². The van der Waals surface area contributed by atoms with E-state index in [1.54, 1.807) is 0 Å². The Labute approximate surface area is 129 Å². The number of aromatic nitrogens is 1. The summed E-state index contributed by atoms with van der Waals surface area (Å²) in [5, 5.41) is 4.91. The summed E-state index contributed by atoms with van der Waals surface area (Å²) in [5.41, 5.74) is 8.86. The summed E-state index contributed by atoms with van der Waals surface area (Å²) in [6.07, 6.45) is 7.20. The predicted molar refractivity (Wildman–Crippen MR) is 90.5 cm³/mol. The second-order valence-electron chi connectivity index (χ2n) is 6.27. The van der Waals surface area contributed by atoms with Gasteiger partial charge in [0, 0.05) is 17.6 Å². The summed E-state index contributed by atoms with van der Waals surface area (Å²) in [6, 6.07) is 8.76. The summed E-state index contributed by atoms with van der Waals surface area (Å²) < 4.78 is 0. The fourth-order valence-corrected chi connectivity index (χ4v) is 3.34. The van der Waals surface area contributed by atoms with E-state index in [1.807, 2.05) is 24.4 Å². The molecule has 0 atom stereocenters. The van der Waals surface area contributed by atoms with E-state index in [2.05, 4.69) is 16.4 Å². The Morgan fingerprint density at radius 1 is 1.19 bits per heavy atom. The van der Waals surface area contributed by atoms with Crippen molar-refractivity contribution in [2.24, 2.45) is 17.6 Å². The standard InChI is InChI=1S/C17H19N3S/c18-17(21)13-9-19-14-4-2-1-3-12(14)16(13)20-15(10-5-6-10)11-7-8-11/h1-4,9-11,15H,5-8H2,(H2,18,21)(H,19,20). The first-order valence-electron chi connectivity index (χ1n) is 7.68. The molecule has 0 unspecified atom stereocenters. The normalized spacial score (nSPS) is 18.1. The van der Waals surface area contributed by atoms with Crippen molar-refractivity contribution in [1.82, 2.24) is 4.98 Å². The molecule has 1 aromatic heterocycles. The maximum absolute atomic E-state index is 5.92. The highest BCUT2D eigenvalue weighted by molar-refractivity contribution is 7.80. The first-order valence-corrected chi connectivity index (χ1v) is 8.09. The summed E-state index contributed by atoms with van der Waals surface area (Å²) in [6.45, 7) is 0. The van der Waals surface area contributed by atoms with E-state index in [0.29, 0.717) is 11.0 Å². The third-order valence-electron chi connectivity index (χ3n) is 4.61. The van der Waals surface area contributed by atoms with Crippen molar-refractivity contribution in [2.75, 3.05) is 5.32 Å². The van der Waals surface area contributed by atoms with Crippen LogP contribution >= 0.6 is 12.2 Å². The Bertz CT molecular complexity index is 692. The molecule has 1 aromatic carbocycles. The predicted octanol–water partition coefficient (Wildman–Crippen LogP) is 3.47. The molecule has 2 saturated carbocycles. The Hall–Kier alpha value is -1.68. The molecule has 3 nitrogen and oxygen atoms in total. The Morgan fingerprint density at radius 3 is 2.48 bits per heavy atom. The molecule has 0 aliphatic heterocycles. The molecule has 0 bridgehead atoms. The van der Waals surface area contributed by atoms with Gasteiger partial charge in [-0.15, -0.1) is 0 Å². The molecule has 108 valence electrons. The van der Waals surface area contributed by atoms with E-state index in [1.165, 1.54) is 25.7 Å². The lowest BCUT2D eigenvalue weighted by molar-refractivity contribution is 0.568. The highest BCUT2D eigenvalue weighted by Crippen LogP contribution is 2.46. The number of benzene rings is 1. The quantitative estimate of drug-likeness (QED) is 0.830. The van der Waals surface area contributed by atoms with Gasteiger partial charge in [0.05, 0.1) is 16.8 Å². The summed E-state index contributed by atoms with van der Waals surface area (Å²) >= 11 is 5.23. The van der Waals surface area contributed by atoms with Crippen LogP contribution in [-0.2, 0) is 0 Å². The van der Waals surface area contributed by atoms with Gasteiger partial charge in [-0.2, -0.15) is 0 Å². The minimum absolute atomic E-state index is 0.418. The Kier molecular flexibility index (Phi) is 3.07. The van der Waals surface area contributed by atoms with Crippen LogP contribution in [0.25, 0.3) is 10.9 Å². The smallest absolute Gasteiger partial charge is 0.107 e. The van der Waals surface area contributed by atoms with Crippen molar-refractivity contribution in [2.45, 2.75) is 31.7 Å². The molecule has 0 saturated heterocycles. The lowest BCUT2D eigenvalue weighted by atomic mass is 10.0. The summed E-state index contributed by atoms with van der Waals surface area (Å²) in [7, 11) is 0. The molecule has 21 heavy (non-hydrogen) atoms. The fraction of sp³-hybridized carbons (Fsp3) is 0.412. The number of nitrogens with two attached hydrogens (primary N) is 1. The van der Waals surface area contributed by atoms with Crippen molar-refractivity contribution in [1.29, 1.82) is 0 Å². The van der Waals surface area contributed by atoms with Crippen LogP contribution in [0.5, 0.6) is 0 Å². The van der Waals surface area contributed by atoms with Crippen molar-refractivity contribution in [3.63, 3.8) is 0 Å². The number of hydrogen-bond donors (Lipinski definition) is 2. The topological polar surface area (TPSA) is 50.9 Å².